The van der Waals surface area contributed by atoms with Gasteiger partial charge in [0, 0.05) is 12.2 Å². The number of hydrogen-bond acceptors (Lipinski definition) is 4. The number of carboxylic acid groups (broad SMARTS) is 1. The SMILES string of the molecule is N#CCc1ccc(NCC2CCC(C(=O)O)O2)cc1. The molecule has 5 heteroatoms. The van der Waals surface area contributed by atoms with Crippen molar-refractivity contribution in [3.63, 3.8) is 0 Å². The van der Waals surface area contributed by atoms with Crippen LogP contribution in [-0.4, -0.2) is 29.8 Å². The summed E-state index contributed by atoms with van der Waals surface area (Å²) >= 11 is 0. The topological polar surface area (TPSA) is 82.4 Å². The van der Waals surface area contributed by atoms with E-state index in [-0.39, 0.29) is 6.10 Å². The van der Waals surface area contributed by atoms with Gasteiger partial charge in [-0.1, -0.05) is 12.1 Å². The summed E-state index contributed by atoms with van der Waals surface area (Å²) in [6.07, 6.45) is 1.02. The molecule has 2 N–H and O–H groups in total. The van der Waals surface area contributed by atoms with Crippen LogP contribution in [0.2, 0.25) is 0 Å². The highest BCUT2D eigenvalue weighted by Crippen LogP contribution is 2.20. The predicted molar refractivity (Wildman–Crippen MR) is 69.8 cm³/mol. The molecule has 19 heavy (non-hydrogen) atoms. The van der Waals surface area contributed by atoms with Gasteiger partial charge in [-0.3, -0.25) is 0 Å². The van der Waals surface area contributed by atoms with Crippen molar-refractivity contribution in [2.24, 2.45) is 0 Å². The Morgan fingerprint density at radius 2 is 2.16 bits per heavy atom. The van der Waals surface area contributed by atoms with Crippen molar-refractivity contribution in [3.05, 3.63) is 29.8 Å². The third-order valence-electron chi connectivity index (χ3n) is 3.15. The minimum absolute atomic E-state index is 0.0557. The minimum atomic E-state index is -0.886. The molecule has 1 saturated heterocycles. The molecule has 0 radical (unpaired) electrons. The van der Waals surface area contributed by atoms with Crippen molar-refractivity contribution in [1.82, 2.24) is 0 Å². The highest BCUT2D eigenvalue weighted by Gasteiger charge is 2.30. The first-order valence-electron chi connectivity index (χ1n) is 6.27. The van der Waals surface area contributed by atoms with Gasteiger partial charge in [-0.15, -0.1) is 0 Å². The Hall–Kier alpha value is -2.06. The van der Waals surface area contributed by atoms with Crippen LogP contribution in [0.5, 0.6) is 0 Å². The normalized spacial score (nSPS) is 21.8. The van der Waals surface area contributed by atoms with Crippen molar-refractivity contribution >= 4 is 11.7 Å². The molecule has 2 rings (SSSR count). The van der Waals surface area contributed by atoms with E-state index in [1.54, 1.807) is 0 Å². The summed E-state index contributed by atoms with van der Waals surface area (Å²) in [6, 6.07) is 9.73. The quantitative estimate of drug-likeness (QED) is 0.843. The zero-order valence-electron chi connectivity index (χ0n) is 10.5. The van der Waals surface area contributed by atoms with Gasteiger partial charge in [-0.05, 0) is 30.5 Å². The highest BCUT2D eigenvalue weighted by molar-refractivity contribution is 5.72. The van der Waals surface area contributed by atoms with Crippen molar-refractivity contribution in [1.29, 1.82) is 5.26 Å². The maximum atomic E-state index is 10.7. The Labute approximate surface area is 111 Å². The minimum Gasteiger partial charge on any atom is -0.479 e. The zero-order chi connectivity index (χ0) is 13.7. The maximum Gasteiger partial charge on any atom is 0.332 e. The summed E-state index contributed by atoms with van der Waals surface area (Å²) in [5.41, 5.74) is 1.93. The Kier molecular flexibility index (Phi) is 4.37. The number of ether oxygens (including phenoxy) is 1. The van der Waals surface area contributed by atoms with Gasteiger partial charge in [0.15, 0.2) is 6.10 Å². The van der Waals surface area contributed by atoms with Gasteiger partial charge in [0.25, 0.3) is 0 Å². The number of benzene rings is 1. The van der Waals surface area contributed by atoms with Gasteiger partial charge < -0.3 is 15.2 Å². The first-order chi connectivity index (χ1) is 9.19. The van der Waals surface area contributed by atoms with E-state index in [4.69, 9.17) is 15.1 Å². The second-order valence-electron chi connectivity index (χ2n) is 4.58. The van der Waals surface area contributed by atoms with E-state index in [1.807, 2.05) is 24.3 Å². The van der Waals surface area contributed by atoms with Crippen LogP contribution in [0.3, 0.4) is 0 Å². The van der Waals surface area contributed by atoms with Crippen LogP contribution in [0.4, 0.5) is 5.69 Å². The van der Waals surface area contributed by atoms with Crippen LogP contribution in [0.15, 0.2) is 24.3 Å². The van der Waals surface area contributed by atoms with E-state index in [2.05, 4.69) is 11.4 Å². The second-order valence-corrected chi connectivity index (χ2v) is 4.58. The molecule has 5 nitrogen and oxygen atoms in total. The van der Waals surface area contributed by atoms with Crippen LogP contribution in [0.25, 0.3) is 0 Å². The Balaban J connectivity index is 1.80. The van der Waals surface area contributed by atoms with Crippen LogP contribution in [0.1, 0.15) is 18.4 Å². The summed E-state index contributed by atoms with van der Waals surface area (Å²) in [5.74, 6) is -0.886. The molecule has 1 aromatic rings. The number of anilines is 1. The second kappa shape index (κ2) is 6.21. The smallest absolute Gasteiger partial charge is 0.332 e. The number of rotatable bonds is 5. The van der Waals surface area contributed by atoms with E-state index >= 15 is 0 Å². The Morgan fingerprint density at radius 3 is 2.74 bits per heavy atom. The van der Waals surface area contributed by atoms with Crippen molar-refractivity contribution < 1.29 is 14.6 Å². The number of carbonyl (C=O) groups is 1. The van der Waals surface area contributed by atoms with Gasteiger partial charge >= 0.3 is 5.97 Å². The molecule has 0 spiro atoms. The molecule has 1 heterocycles. The molecule has 0 aromatic heterocycles. The van der Waals surface area contributed by atoms with E-state index in [1.165, 1.54) is 0 Å². The third-order valence-corrected chi connectivity index (χ3v) is 3.15. The molecule has 0 saturated carbocycles. The van der Waals surface area contributed by atoms with E-state index in [0.29, 0.717) is 19.4 Å². The average molecular weight is 260 g/mol. The lowest BCUT2D eigenvalue weighted by Gasteiger charge is -2.13. The molecule has 1 fully saturated rings. The summed E-state index contributed by atoms with van der Waals surface area (Å²) in [6.45, 7) is 0.599. The first-order valence-corrected chi connectivity index (χ1v) is 6.27. The van der Waals surface area contributed by atoms with Crippen LogP contribution >= 0.6 is 0 Å². The van der Waals surface area contributed by atoms with Crippen molar-refractivity contribution in [3.8, 4) is 6.07 Å². The number of nitriles is 1. The lowest BCUT2D eigenvalue weighted by molar-refractivity contribution is -0.149. The Bertz CT molecular complexity index is 478. The molecule has 1 aromatic carbocycles. The van der Waals surface area contributed by atoms with Gasteiger partial charge in [0.2, 0.25) is 0 Å². The Morgan fingerprint density at radius 1 is 1.42 bits per heavy atom. The van der Waals surface area contributed by atoms with E-state index in [0.717, 1.165) is 17.7 Å². The lowest BCUT2D eigenvalue weighted by atomic mass is 10.1. The number of hydrogen-bond donors (Lipinski definition) is 2. The van der Waals surface area contributed by atoms with Gasteiger partial charge in [-0.2, -0.15) is 5.26 Å². The fraction of sp³-hybridized carbons (Fsp3) is 0.429. The molecule has 0 bridgehead atoms. The standard InChI is InChI=1S/C14H16N2O3/c15-8-7-10-1-3-11(4-2-10)16-9-12-5-6-13(19-12)14(17)18/h1-4,12-13,16H,5-7,9H2,(H,17,18). The fourth-order valence-corrected chi connectivity index (χ4v) is 2.10. The summed E-state index contributed by atoms with van der Waals surface area (Å²) < 4.78 is 5.40. The summed E-state index contributed by atoms with van der Waals surface area (Å²) in [7, 11) is 0. The van der Waals surface area contributed by atoms with E-state index < -0.39 is 12.1 Å². The molecular weight excluding hydrogens is 244 g/mol. The molecular formula is C14H16N2O3. The summed E-state index contributed by atoms with van der Waals surface area (Å²) in [4.78, 5) is 10.7. The molecule has 1 aliphatic rings. The number of carboxylic acids is 1. The van der Waals surface area contributed by atoms with Gasteiger partial charge in [-0.25, -0.2) is 4.79 Å². The summed E-state index contributed by atoms with van der Waals surface area (Å²) in [5, 5.41) is 20.6. The van der Waals surface area contributed by atoms with E-state index in [9.17, 15) is 4.79 Å². The molecule has 0 amide bonds. The molecule has 2 atom stereocenters. The maximum absolute atomic E-state index is 10.7. The number of nitrogens with one attached hydrogen (secondary N) is 1. The van der Waals surface area contributed by atoms with Crippen LogP contribution < -0.4 is 5.32 Å². The zero-order valence-corrected chi connectivity index (χ0v) is 10.5. The fourth-order valence-electron chi connectivity index (χ4n) is 2.10. The van der Waals surface area contributed by atoms with Gasteiger partial charge in [0.1, 0.15) is 0 Å². The van der Waals surface area contributed by atoms with Crippen LogP contribution in [-0.2, 0) is 16.0 Å². The van der Waals surface area contributed by atoms with Crippen LogP contribution in [0, 0.1) is 11.3 Å². The predicted octanol–water partition coefficient (Wildman–Crippen LogP) is 1.80. The lowest BCUT2D eigenvalue weighted by Crippen LogP contribution is -2.24. The molecule has 100 valence electrons. The largest absolute Gasteiger partial charge is 0.479 e. The molecule has 2 unspecified atom stereocenters. The number of aliphatic carboxylic acids is 1. The van der Waals surface area contributed by atoms with Crippen molar-refractivity contribution in [2.45, 2.75) is 31.5 Å². The molecule has 1 aliphatic heterocycles. The third kappa shape index (κ3) is 3.70. The number of nitrogens with zero attached hydrogens (tertiary/aromatic N) is 1. The highest BCUT2D eigenvalue weighted by atomic mass is 16.5. The molecule has 0 aliphatic carbocycles. The van der Waals surface area contributed by atoms with Crippen molar-refractivity contribution in [2.75, 3.05) is 11.9 Å². The monoisotopic (exact) mass is 260 g/mol. The average Bonchev–Trinajstić information content (AvgIpc) is 2.87. The first kappa shape index (κ1) is 13.4. The van der Waals surface area contributed by atoms with Gasteiger partial charge in [0.05, 0.1) is 18.6 Å².